The molecule has 2 unspecified atom stereocenters. The maximum Gasteiger partial charge on any atom is 0.216 e. The quantitative estimate of drug-likeness (QED) is 0.348. The molecule has 0 bridgehead atoms. The Labute approximate surface area is 53.4 Å². The molecule has 0 heterocycles. The molecular formula is C2H10AlO3P. The summed E-state index contributed by atoms with van der Waals surface area (Å²) in [4.78, 5) is 7.93. The van der Waals surface area contributed by atoms with Crippen molar-refractivity contribution in [2.24, 2.45) is 0 Å². The Hall–Kier alpha value is 0.682. The molecule has 0 rings (SSSR count). The Morgan fingerprint density at radius 3 is 1.86 bits per heavy atom. The lowest BCUT2D eigenvalue weighted by atomic mass is 10.9. The van der Waals surface area contributed by atoms with Gasteiger partial charge in [0.05, 0.1) is 0 Å². The molecule has 0 aromatic rings. The van der Waals surface area contributed by atoms with E-state index in [4.69, 9.17) is 10.00 Å². The second-order valence-electron chi connectivity index (χ2n) is 1.01. The zero-order valence-electron chi connectivity index (χ0n) is 3.38. The van der Waals surface area contributed by atoms with E-state index in [1.165, 1.54) is 6.92 Å². The van der Waals surface area contributed by atoms with Gasteiger partial charge < -0.3 is 10.00 Å². The molecule has 0 saturated heterocycles. The Balaban J connectivity index is 0. The molecule has 5 heteroatoms. The van der Waals surface area contributed by atoms with Gasteiger partial charge >= 0.3 is 0 Å². The SMILES string of the molecule is CC(O)[PH](=O)O.[AlH3]. The van der Waals surface area contributed by atoms with Gasteiger partial charge in [0.15, 0.2) is 17.4 Å². The third-order valence-corrected chi connectivity index (χ3v) is 1.07. The van der Waals surface area contributed by atoms with E-state index < -0.39 is 13.9 Å². The third-order valence-electron chi connectivity index (χ3n) is 0.357. The molecular weight excluding hydrogens is 130 g/mol. The van der Waals surface area contributed by atoms with Crippen molar-refractivity contribution in [3.8, 4) is 0 Å². The van der Waals surface area contributed by atoms with Gasteiger partial charge in [0.1, 0.15) is 5.85 Å². The van der Waals surface area contributed by atoms with Crippen molar-refractivity contribution in [2.75, 3.05) is 0 Å². The highest BCUT2D eigenvalue weighted by molar-refractivity contribution is 7.38. The first-order valence-corrected chi connectivity index (χ1v) is 2.98. The largest absolute Gasteiger partial charge is 0.384 e. The minimum Gasteiger partial charge on any atom is -0.384 e. The second kappa shape index (κ2) is 4.83. The van der Waals surface area contributed by atoms with Crippen LogP contribution in [0.25, 0.3) is 0 Å². The van der Waals surface area contributed by atoms with E-state index in [2.05, 4.69) is 0 Å². The lowest BCUT2D eigenvalue weighted by molar-refractivity contribution is 0.257. The maximum absolute atomic E-state index is 9.63. The topological polar surface area (TPSA) is 57.5 Å². The molecule has 7 heavy (non-hydrogen) atoms. The highest BCUT2D eigenvalue weighted by Crippen LogP contribution is 2.17. The molecule has 0 saturated carbocycles. The fraction of sp³-hybridized carbons (Fsp3) is 1.00. The molecule has 3 nitrogen and oxygen atoms in total. The molecule has 44 valence electrons. The van der Waals surface area contributed by atoms with Gasteiger partial charge in [-0.2, -0.15) is 0 Å². The minimum atomic E-state index is -2.65. The fourth-order valence-corrected chi connectivity index (χ4v) is 0. The zero-order chi connectivity index (χ0) is 5.15. The van der Waals surface area contributed by atoms with Crippen molar-refractivity contribution >= 4 is 25.4 Å². The number of rotatable bonds is 1. The first kappa shape index (κ1) is 10.6. The van der Waals surface area contributed by atoms with Crippen molar-refractivity contribution in [2.45, 2.75) is 12.8 Å². The predicted octanol–water partition coefficient (Wildman–Crippen LogP) is -1.39. The van der Waals surface area contributed by atoms with Crippen LogP contribution in [0, 0.1) is 0 Å². The summed E-state index contributed by atoms with van der Waals surface area (Å²) >= 11 is 0. The third kappa shape index (κ3) is 6.68. The predicted molar refractivity (Wildman–Crippen MR) is 32.8 cm³/mol. The van der Waals surface area contributed by atoms with Gasteiger partial charge in [-0.25, -0.2) is 0 Å². The lowest BCUT2D eigenvalue weighted by Crippen LogP contribution is -1.88. The van der Waals surface area contributed by atoms with Gasteiger partial charge in [0, 0.05) is 0 Å². The fourth-order valence-electron chi connectivity index (χ4n) is 0. The normalized spacial score (nSPS) is 17.0. The Bertz CT molecular complexity index is 64.0. The van der Waals surface area contributed by atoms with Crippen molar-refractivity contribution < 1.29 is 14.6 Å². The van der Waals surface area contributed by atoms with Gasteiger partial charge in [-0.1, -0.05) is 0 Å². The lowest BCUT2D eigenvalue weighted by Gasteiger charge is -1.91. The summed E-state index contributed by atoms with van der Waals surface area (Å²) in [5, 5.41) is 8.11. The molecule has 0 spiro atoms. The number of hydrogen-bond acceptors (Lipinski definition) is 2. The van der Waals surface area contributed by atoms with Gasteiger partial charge in [-0.15, -0.1) is 0 Å². The van der Waals surface area contributed by atoms with Crippen LogP contribution >= 0.6 is 8.03 Å². The molecule has 0 amide bonds. The van der Waals surface area contributed by atoms with Gasteiger partial charge in [0.25, 0.3) is 0 Å². The molecule has 2 atom stereocenters. The van der Waals surface area contributed by atoms with Crippen LogP contribution < -0.4 is 0 Å². The summed E-state index contributed by atoms with van der Waals surface area (Å²) in [5.74, 6) is -1.05. The zero-order valence-corrected chi connectivity index (χ0v) is 4.38. The molecule has 0 fully saturated rings. The van der Waals surface area contributed by atoms with E-state index in [9.17, 15) is 4.57 Å². The molecule has 0 radical (unpaired) electrons. The first-order chi connectivity index (χ1) is 2.64. The molecule has 0 aliphatic heterocycles. The smallest absolute Gasteiger partial charge is 0.216 e. The standard InChI is InChI=1S/C2H7O3P.Al.3H/c1-2(3)6(4)5;;;;/h2-3,6H,1H3,(H,4,5);;;;. The summed E-state index contributed by atoms with van der Waals surface area (Å²) in [7, 11) is -2.65. The summed E-state index contributed by atoms with van der Waals surface area (Å²) in [6, 6.07) is 0. The number of aliphatic hydroxyl groups excluding tert-OH is 1. The van der Waals surface area contributed by atoms with Crippen molar-refractivity contribution in [3.05, 3.63) is 0 Å². The van der Waals surface area contributed by atoms with Gasteiger partial charge in [-0.3, -0.25) is 4.57 Å². The van der Waals surface area contributed by atoms with E-state index >= 15 is 0 Å². The summed E-state index contributed by atoms with van der Waals surface area (Å²) in [5.41, 5.74) is 0. The molecule has 2 N–H and O–H groups in total. The van der Waals surface area contributed by atoms with Gasteiger partial charge in [-0.05, 0) is 6.92 Å². The van der Waals surface area contributed by atoms with E-state index in [0.717, 1.165) is 0 Å². The number of aliphatic hydroxyl groups is 1. The van der Waals surface area contributed by atoms with Crippen LogP contribution in [0.15, 0.2) is 0 Å². The average Bonchev–Trinajstić information content (AvgIpc) is 1.36. The van der Waals surface area contributed by atoms with Crippen molar-refractivity contribution in [1.29, 1.82) is 0 Å². The summed E-state index contributed by atoms with van der Waals surface area (Å²) in [6.07, 6.45) is 0. The van der Waals surface area contributed by atoms with Crippen molar-refractivity contribution in [3.63, 3.8) is 0 Å². The number of hydrogen-bond donors (Lipinski definition) is 2. The monoisotopic (exact) mass is 140 g/mol. The summed E-state index contributed by atoms with van der Waals surface area (Å²) < 4.78 is 9.63. The molecule has 0 aliphatic carbocycles. The van der Waals surface area contributed by atoms with Crippen LogP contribution in [0.1, 0.15) is 6.92 Å². The van der Waals surface area contributed by atoms with E-state index in [1.54, 1.807) is 0 Å². The van der Waals surface area contributed by atoms with E-state index in [0.29, 0.717) is 0 Å². The van der Waals surface area contributed by atoms with E-state index in [1.807, 2.05) is 0 Å². The van der Waals surface area contributed by atoms with Crippen LogP contribution in [-0.4, -0.2) is 33.2 Å². The molecule has 0 aromatic heterocycles. The van der Waals surface area contributed by atoms with Crippen LogP contribution in [0.2, 0.25) is 0 Å². The Morgan fingerprint density at radius 1 is 1.71 bits per heavy atom. The highest BCUT2D eigenvalue weighted by Gasteiger charge is 1.97. The molecule has 0 aromatic carbocycles. The maximum atomic E-state index is 9.63. The molecule has 0 aliphatic rings. The Kier molecular flexibility index (Phi) is 7.33. The van der Waals surface area contributed by atoms with Crippen molar-refractivity contribution in [1.82, 2.24) is 0 Å². The highest BCUT2D eigenvalue weighted by atomic mass is 31.1. The average molecular weight is 140 g/mol. The van der Waals surface area contributed by atoms with Crippen LogP contribution in [-0.2, 0) is 4.57 Å². The summed E-state index contributed by atoms with van der Waals surface area (Å²) in [6.45, 7) is 1.28. The van der Waals surface area contributed by atoms with Crippen LogP contribution in [0.3, 0.4) is 0 Å². The second-order valence-corrected chi connectivity index (χ2v) is 2.53. The van der Waals surface area contributed by atoms with Crippen LogP contribution in [0.5, 0.6) is 0 Å². The Morgan fingerprint density at radius 2 is 1.86 bits per heavy atom. The minimum absolute atomic E-state index is 0. The van der Waals surface area contributed by atoms with E-state index in [-0.39, 0.29) is 17.4 Å². The first-order valence-electron chi connectivity index (χ1n) is 1.55. The van der Waals surface area contributed by atoms with Gasteiger partial charge in [0.2, 0.25) is 8.03 Å². The van der Waals surface area contributed by atoms with Crippen LogP contribution in [0.4, 0.5) is 0 Å².